The predicted octanol–water partition coefficient (Wildman–Crippen LogP) is 2.75. The minimum Gasteiger partial charge on any atom is -0.492 e. The number of ether oxygens (including phenoxy) is 1. The van der Waals surface area contributed by atoms with Gasteiger partial charge in [-0.15, -0.1) is 0 Å². The van der Waals surface area contributed by atoms with Gasteiger partial charge in [0.05, 0.1) is 6.54 Å². The largest absolute Gasteiger partial charge is 0.492 e. The molecule has 0 aliphatic carbocycles. The summed E-state index contributed by atoms with van der Waals surface area (Å²) in [7, 11) is 1.72. The molecule has 0 saturated heterocycles. The molecule has 1 aromatic carbocycles. The minimum atomic E-state index is -0.833. The first kappa shape index (κ1) is 23.6. The fourth-order valence-electron chi connectivity index (χ4n) is 2.63. The highest BCUT2D eigenvalue weighted by molar-refractivity contribution is 5.94. The monoisotopic (exact) mass is 426 g/mol. The van der Waals surface area contributed by atoms with Crippen molar-refractivity contribution >= 4 is 11.9 Å². The van der Waals surface area contributed by atoms with Crippen molar-refractivity contribution < 1.29 is 24.0 Å². The summed E-state index contributed by atoms with van der Waals surface area (Å²) in [5.41, 5.74) is 8.61. The molecule has 3 aromatic rings. The van der Waals surface area contributed by atoms with Gasteiger partial charge in [0.15, 0.2) is 5.76 Å². The van der Waals surface area contributed by atoms with E-state index in [1.165, 1.54) is 0 Å². The first-order valence-electron chi connectivity index (χ1n) is 9.56. The number of pyridine rings is 1. The lowest BCUT2D eigenvalue weighted by atomic mass is 10.1. The molecule has 0 aliphatic heterocycles. The number of carbonyl (C=O) groups is 2. The first-order valence-corrected chi connectivity index (χ1v) is 9.56. The van der Waals surface area contributed by atoms with Crippen LogP contribution in [0.2, 0.25) is 0 Å². The van der Waals surface area contributed by atoms with Gasteiger partial charge in [-0.25, -0.2) is 0 Å². The summed E-state index contributed by atoms with van der Waals surface area (Å²) in [6.07, 6.45) is 3.39. The van der Waals surface area contributed by atoms with Crippen molar-refractivity contribution in [3.05, 3.63) is 65.7 Å². The molecule has 9 heteroatoms. The lowest BCUT2D eigenvalue weighted by molar-refractivity contribution is -0.134. The minimum absolute atomic E-state index is 0.130. The highest BCUT2D eigenvalue weighted by Crippen LogP contribution is 2.22. The molecule has 1 amide bonds. The molecular weight excluding hydrogens is 400 g/mol. The van der Waals surface area contributed by atoms with Crippen LogP contribution >= 0.6 is 0 Å². The van der Waals surface area contributed by atoms with Crippen LogP contribution in [0, 0.1) is 6.92 Å². The van der Waals surface area contributed by atoms with E-state index in [-0.39, 0.29) is 5.91 Å². The van der Waals surface area contributed by atoms with Crippen molar-refractivity contribution in [2.24, 2.45) is 5.73 Å². The van der Waals surface area contributed by atoms with E-state index in [4.69, 9.17) is 24.9 Å². The lowest BCUT2D eigenvalue weighted by Crippen LogP contribution is -2.26. The molecule has 0 atom stereocenters. The second kappa shape index (κ2) is 11.5. The average molecular weight is 426 g/mol. The van der Waals surface area contributed by atoms with Crippen LogP contribution in [0.3, 0.4) is 0 Å². The highest BCUT2D eigenvalue weighted by Gasteiger charge is 2.16. The number of benzene rings is 1. The topological polar surface area (TPSA) is 132 Å². The van der Waals surface area contributed by atoms with Gasteiger partial charge in [0.1, 0.15) is 18.1 Å². The molecule has 3 N–H and O–H groups in total. The maximum atomic E-state index is 12.7. The molecule has 2 aromatic heterocycles. The van der Waals surface area contributed by atoms with Gasteiger partial charge in [-0.3, -0.25) is 14.6 Å². The Bertz CT molecular complexity index is 1000. The number of hydrogen-bond donors (Lipinski definition) is 2. The molecule has 164 valence electrons. The third kappa shape index (κ3) is 7.23. The van der Waals surface area contributed by atoms with Crippen LogP contribution in [0.4, 0.5) is 0 Å². The predicted molar refractivity (Wildman–Crippen MR) is 115 cm³/mol. The number of aromatic nitrogens is 2. The normalized spacial score (nSPS) is 10.1. The molecule has 0 unspecified atom stereocenters. The Morgan fingerprint density at radius 3 is 2.52 bits per heavy atom. The van der Waals surface area contributed by atoms with E-state index in [2.05, 4.69) is 10.1 Å². The van der Waals surface area contributed by atoms with Gasteiger partial charge in [0.25, 0.3) is 11.9 Å². The Labute approximate surface area is 180 Å². The summed E-state index contributed by atoms with van der Waals surface area (Å²) in [6, 6.07) is 10.9. The van der Waals surface area contributed by atoms with Crippen molar-refractivity contribution in [1.82, 2.24) is 15.0 Å². The van der Waals surface area contributed by atoms with Gasteiger partial charge in [-0.1, -0.05) is 11.2 Å². The molecule has 0 aliphatic rings. The number of carboxylic acids is 1. The van der Waals surface area contributed by atoms with Gasteiger partial charge >= 0.3 is 0 Å². The van der Waals surface area contributed by atoms with E-state index in [9.17, 15) is 4.79 Å². The number of carboxylic acid groups (broad SMARTS) is 1. The number of rotatable bonds is 7. The van der Waals surface area contributed by atoms with Crippen molar-refractivity contribution in [2.75, 3.05) is 20.2 Å². The van der Waals surface area contributed by atoms with E-state index < -0.39 is 5.97 Å². The van der Waals surface area contributed by atoms with E-state index in [0.29, 0.717) is 42.5 Å². The van der Waals surface area contributed by atoms with E-state index >= 15 is 0 Å². The zero-order valence-electron chi connectivity index (χ0n) is 17.7. The molecule has 0 bridgehead atoms. The van der Waals surface area contributed by atoms with Crippen LogP contribution in [0.5, 0.6) is 5.75 Å². The second-order valence-electron chi connectivity index (χ2n) is 6.71. The van der Waals surface area contributed by atoms with Crippen molar-refractivity contribution in [1.29, 1.82) is 0 Å². The third-order valence-corrected chi connectivity index (χ3v) is 4.09. The maximum Gasteiger partial charge on any atom is 0.300 e. The Morgan fingerprint density at radius 1 is 1.19 bits per heavy atom. The van der Waals surface area contributed by atoms with Crippen LogP contribution in [0.25, 0.3) is 11.3 Å². The van der Waals surface area contributed by atoms with Gasteiger partial charge in [0.2, 0.25) is 0 Å². The summed E-state index contributed by atoms with van der Waals surface area (Å²) in [4.78, 5) is 27.3. The van der Waals surface area contributed by atoms with Crippen molar-refractivity contribution in [3.8, 4) is 17.0 Å². The van der Waals surface area contributed by atoms with Crippen LogP contribution in [0.15, 0.2) is 53.3 Å². The van der Waals surface area contributed by atoms with Crippen LogP contribution in [-0.4, -0.2) is 52.2 Å². The fourth-order valence-corrected chi connectivity index (χ4v) is 2.63. The van der Waals surface area contributed by atoms with E-state index in [1.54, 1.807) is 36.5 Å². The van der Waals surface area contributed by atoms with E-state index in [0.717, 1.165) is 18.1 Å². The second-order valence-corrected chi connectivity index (χ2v) is 6.71. The molecule has 0 saturated carbocycles. The molecule has 3 rings (SSSR count). The highest BCUT2D eigenvalue weighted by atomic mass is 16.5. The lowest BCUT2D eigenvalue weighted by Gasteiger charge is -2.16. The number of hydrogen-bond acceptors (Lipinski definition) is 7. The summed E-state index contributed by atoms with van der Waals surface area (Å²) >= 11 is 0. The number of nitrogens with two attached hydrogens (primary N) is 1. The molecule has 9 nitrogen and oxygen atoms in total. The van der Waals surface area contributed by atoms with Gasteiger partial charge in [-0.05, 0) is 36.8 Å². The number of carbonyl (C=O) groups excluding carboxylic acids is 1. The Balaban J connectivity index is 0.000000785. The van der Waals surface area contributed by atoms with Crippen LogP contribution < -0.4 is 10.5 Å². The SMILES string of the molecule is CC(=O)O.Cc1ccc(C(=O)N(C)Cc2cc(-c3ccncc3)no2)cc1OCCN. The summed E-state index contributed by atoms with van der Waals surface area (Å²) in [5, 5.41) is 11.5. The fraction of sp³-hybridized carbons (Fsp3) is 0.273. The average Bonchev–Trinajstić information content (AvgIpc) is 3.21. The van der Waals surface area contributed by atoms with Crippen molar-refractivity contribution in [3.63, 3.8) is 0 Å². The van der Waals surface area contributed by atoms with Crippen LogP contribution in [-0.2, 0) is 11.3 Å². The number of aryl methyl sites for hydroxylation is 1. The molecular formula is C22H26N4O5. The molecule has 0 spiro atoms. The van der Waals surface area contributed by atoms with Crippen LogP contribution in [0.1, 0.15) is 28.6 Å². The zero-order valence-corrected chi connectivity index (χ0v) is 17.7. The van der Waals surface area contributed by atoms with Gasteiger partial charge < -0.3 is 25.0 Å². The van der Waals surface area contributed by atoms with Crippen molar-refractivity contribution in [2.45, 2.75) is 20.4 Å². The third-order valence-electron chi connectivity index (χ3n) is 4.09. The standard InChI is InChI=1S/C20H22N4O3.C2H4O2/c1-14-3-4-16(11-19(14)26-10-7-21)20(25)24(2)13-17-12-18(23-27-17)15-5-8-22-9-6-15;1-2(3)4/h3-6,8-9,11-12H,7,10,13,21H2,1-2H3;1H3,(H,3,4). The van der Waals surface area contributed by atoms with Gasteiger partial charge in [-0.2, -0.15) is 0 Å². The molecule has 2 heterocycles. The number of amides is 1. The number of aliphatic carboxylic acids is 1. The zero-order chi connectivity index (χ0) is 22.8. The maximum absolute atomic E-state index is 12.7. The molecule has 0 fully saturated rings. The Morgan fingerprint density at radius 2 is 1.87 bits per heavy atom. The quantitative estimate of drug-likeness (QED) is 0.589. The Hall–Kier alpha value is -3.72. The number of nitrogens with zero attached hydrogens (tertiary/aromatic N) is 3. The smallest absolute Gasteiger partial charge is 0.300 e. The molecule has 31 heavy (non-hydrogen) atoms. The summed E-state index contributed by atoms with van der Waals surface area (Å²) in [6.45, 7) is 4.15. The van der Waals surface area contributed by atoms with E-state index in [1.807, 2.05) is 31.2 Å². The summed E-state index contributed by atoms with van der Waals surface area (Å²) in [5.74, 6) is 0.304. The van der Waals surface area contributed by atoms with Gasteiger partial charge in [0, 0.05) is 50.1 Å². The summed E-state index contributed by atoms with van der Waals surface area (Å²) < 4.78 is 11.0. The Kier molecular flexibility index (Phi) is 8.71. The first-order chi connectivity index (χ1) is 14.8. The molecule has 0 radical (unpaired) electrons.